The Balaban J connectivity index is 1.37. The van der Waals surface area contributed by atoms with Crippen LogP contribution in [0.25, 0.3) is 16.8 Å². The molecule has 9 heteroatoms. The molecule has 0 saturated carbocycles. The van der Waals surface area contributed by atoms with Crippen molar-refractivity contribution in [3.63, 3.8) is 0 Å². The number of nitrogens with one attached hydrogen (secondary N) is 1. The zero-order valence-corrected chi connectivity index (χ0v) is 16.0. The van der Waals surface area contributed by atoms with Crippen LogP contribution in [0.2, 0.25) is 0 Å². The van der Waals surface area contributed by atoms with Gasteiger partial charge >= 0.3 is 0 Å². The second-order valence-corrected chi connectivity index (χ2v) is 8.85. The third-order valence-corrected chi connectivity index (χ3v) is 7.16. The fourth-order valence-corrected chi connectivity index (χ4v) is 5.60. The van der Waals surface area contributed by atoms with Gasteiger partial charge in [-0.2, -0.15) is 23.1 Å². The zero-order chi connectivity index (χ0) is 18.2. The number of rotatable bonds is 4. The number of carbonyl (C=O) groups excluding carboxylic acids is 1. The van der Waals surface area contributed by atoms with Gasteiger partial charge in [0, 0.05) is 53.2 Å². The Morgan fingerprint density at radius 3 is 3.04 bits per heavy atom. The number of thioether (sulfide) groups is 2. The lowest BCUT2D eigenvalue weighted by Crippen LogP contribution is -2.34. The molecule has 0 radical (unpaired) electrons. The van der Waals surface area contributed by atoms with E-state index in [1.165, 1.54) is 0 Å². The van der Waals surface area contributed by atoms with E-state index < -0.39 is 0 Å². The SMILES string of the molecule is O=C(NC1CCSC1)C1=CC(c2cnn3cc(-c4cn[n-]c4)cnc23)CS1. The molecule has 27 heavy (non-hydrogen) atoms. The summed E-state index contributed by atoms with van der Waals surface area (Å²) in [4.78, 5) is 17.9. The van der Waals surface area contributed by atoms with Crippen LogP contribution in [0, 0.1) is 0 Å². The number of aromatic nitrogens is 5. The lowest BCUT2D eigenvalue weighted by atomic mass is 10.0. The molecule has 0 bridgehead atoms. The van der Waals surface area contributed by atoms with Crippen LogP contribution in [-0.4, -0.2) is 48.9 Å². The first kappa shape index (κ1) is 16.9. The summed E-state index contributed by atoms with van der Waals surface area (Å²) in [5.41, 5.74) is 3.71. The number of hydrogen-bond acceptors (Lipinski definition) is 6. The van der Waals surface area contributed by atoms with Gasteiger partial charge in [0.15, 0.2) is 5.65 Å². The molecule has 0 aromatic carbocycles. The maximum Gasteiger partial charge on any atom is 0.257 e. The van der Waals surface area contributed by atoms with E-state index in [-0.39, 0.29) is 11.8 Å². The summed E-state index contributed by atoms with van der Waals surface area (Å²) < 4.78 is 1.78. The second-order valence-electron chi connectivity index (χ2n) is 6.64. The predicted molar refractivity (Wildman–Crippen MR) is 107 cm³/mol. The summed E-state index contributed by atoms with van der Waals surface area (Å²) in [5, 5.41) is 15.3. The maximum atomic E-state index is 12.5. The monoisotopic (exact) mass is 397 g/mol. The van der Waals surface area contributed by atoms with Crippen LogP contribution < -0.4 is 10.4 Å². The van der Waals surface area contributed by atoms with E-state index in [0.29, 0.717) is 6.04 Å². The Kier molecular flexibility index (Phi) is 4.41. The van der Waals surface area contributed by atoms with Gasteiger partial charge in [0.05, 0.1) is 11.1 Å². The van der Waals surface area contributed by atoms with Gasteiger partial charge in [0.2, 0.25) is 0 Å². The molecule has 1 saturated heterocycles. The van der Waals surface area contributed by atoms with Crippen LogP contribution in [0.15, 0.2) is 42.0 Å². The molecule has 2 aliphatic rings. The highest BCUT2D eigenvalue weighted by atomic mass is 32.2. The van der Waals surface area contributed by atoms with Crippen molar-refractivity contribution in [3.8, 4) is 11.1 Å². The van der Waals surface area contributed by atoms with Crippen LogP contribution in [0.5, 0.6) is 0 Å². The van der Waals surface area contributed by atoms with Crippen LogP contribution in [0.4, 0.5) is 0 Å². The molecule has 0 spiro atoms. The van der Waals surface area contributed by atoms with E-state index in [9.17, 15) is 4.79 Å². The van der Waals surface area contributed by atoms with E-state index in [2.05, 4.69) is 31.7 Å². The van der Waals surface area contributed by atoms with Gasteiger partial charge in [-0.25, -0.2) is 9.50 Å². The first-order valence-corrected chi connectivity index (χ1v) is 10.9. The third kappa shape index (κ3) is 3.25. The minimum absolute atomic E-state index is 0.0536. The van der Waals surface area contributed by atoms with Crippen molar-refractivity contribution in [2.24, 2.45) is 0 Å². The highest BCUT2D eigenvalue weighted by Gasteiger charge is 2.27. The summed E-state index contributed by atoms with van der Waals surface area (Å²) >= 11 is 3.51. The predicted octanol–water partition coefficient (Wildman–Crippen LogP) is 2.08. The third-order valence-electron chi connectivity index (χ3n) is 4.84. The molecule has 1 amide bonds. The topological polar surface area (TPSA) is 86.3 Å². The van der Waals surface area contributed by atoms with Crippen molar-refractivity contribution < 1.29 is 4.79 Å². The standard InChI is InChI=1S/C18H18N6OS2/c25-18(23-14-1-2-26-10-14)16-3-11(9-27-16)15-7-22-24-8-13(4-19-17(15)24)12-5-20-21-6-12/h3-8,11,14H,1-2,9-10H2,(H2,20,21,23,25)/p-1. The smallest absolute Gasteiger partial charge is 0.257 e. The summed E-state index contributed by atoms with van der Waals surface area (Å²) in [5.74, 6) is 3.18. The molecule has 2 atom stereocenters. The molecule has 5 rings (SSSR count). The fraction of sp³-hybridized carbons (Fsp3) is 0.333. The molecule has 7 nitrogen and oxygen atoms in total. The van der Waals surface area contributed by atoms with Crippen LogP contribution in [0.1, 0.15) is 17.9 Å². The normalized spacial score (nSPS) is 22.3. The number of allylic oxidation sites excluding steroid dienone is 1. The first-order valence-electron chi connectivity index (χ1n) is 8.78. The van der Waals surface area contributed by atoms with Gasteiger partial charge in [0.1, 0.15) is 0 Å². The van der Waals surface area contributed by atoms with Gasteiger partial charge in [-0.15, -0.1) is 11.8 Å². The zero-order valence-electron chi connectivity index (χ0n) is 14.4. The molecule has 138 valence electrons. The molecule has 0 aliphatic carbocycles. The Morgan fingerprint density at radius 1 is 1.26 bits per heavy atom. The minimum atomic E-state index is 0.0536. The fourth-order valence-electron chi connectivity index (χ4n) is 3.36. The van der Waals surface area contributed by atoms with Crippen LogP contribution in [-0.2, 0) is 4.79 Å². The van der Waals surface area contributed by atoms with Crippen molar-refractivity contribution in [2.75, 3.05) is 17.3 Å². The van der Waals surface area contributed by atoms with Crippen molar-refractivity contribution in [1.82, 2.24) is 30.1 Å². The lowest BCUT2D eigenvalue weighted by molar-refractivity contribution is -0.117. The quantitative estimate of drug-likeness (QED) is 0.721. The van der Waals surface area contributed by atoms with E-state index in [1.54, 1.807) is 28.7 Å². The second kappa shape index (κ2) is 7.05. The molecule has 1 fully saturated rings. The van der Waals surface area contributed by atoms with E-state index in [0.717, 1.165) is 50.9 Å². The van der Waals surface area contributed by atoms with Gasteiger partial charge in [0.25, 0.3) is 5.91 Å². The molecule has 5 heterocycles. The Hall–Kier alpha value is -2.26. The van der Waals surface area contributed by atoms with Crippen molar-refractivity contribution in [3.05, 3.63) is 47.5 Å². The Labute approximate surface area is 164 Å². The van der Waals surface area contributed by atoms with Crippen molar-refractivity contribution >= 4 is 35.1 Å². The van der Waals surface area contributed by atoms with Crippen LogP contribution >= 0.6 is 23.5 Å². The molecular weight excluding hydrogens is 380 g/mol. The summed E-state index contributed by atoms with van der Waals surface area (Å²) in [6.07, 6.45) is 12.1. The highest BCUT2D eigenvalue weighted by Crippen LogP contribution is 2.37. The number of carbonyl (C=O) groups is 1. The molecule has 3 aromatic rings. The lowest BCUT2D eigenvalue weighted by Gasteiger charge is -2.10. The van der Waals surface area contributed by atoms with Gasteiger partial charge in [-0.05, 0) is 17.7 Å². The first-order chi connectivity index (χ1) is 13.3. The van der Waals surface area contributed by atoms with E-state index in [1.807, 2.05) is 30.4 Å². The average Bonchev–Trinajstić information content (AvgIpc) is 3.47. The van der Waals surface area contributed by atoms with Gasteiger partial charge < -0.3 is 15.5 Å². The number of amides is 1. The van der Waals surface area contributed by atoms with Crippen LogP contribution in [0.3, 0.4) is 0 Å². The van der Waals surface area contributed by atoms with Crippen molar-refractivity contribution in [1.29, 1.82) is 0 Å². The Bertz CT molecular complexity index is 1010. The number of hydrogen-bond donors (Lipinski definition) is 1. The van der Waals surface area contributed by atoms with Gasteiger partial charge in [-0.1, -0.05) is 6.08 Å². The van der Waals surface area contributed by atoms with Crippen molar-refractivity contribution in [2.45, 2.75) is 18.4 Å². The van der Waals surface area contributed by atoms with E-state index >= 15 is 0 Å². The summed E-state index contributed by atoms with van der Waals surface area (Å²) in [6, 6.07) is 0.306. The molecule has 1 N–H and O–H groups in total. The Morgan fingerprint density at radius 2 is 2.22 bits per heavy atom. The molecule has 2 unspecified atom stereocenters. The largest absolute Gasteiger partial charge is 0.581 e. The number of fused-ring (bicyclic) bond motifs is 1. The summed E-state index contributed by atoms with van der Waals surface area (Å²) in [6.45, 7) is 0. The molecule has 3 aromatic heterocycles. The maximum absolute atomic E-state index is 12.5. The summed E-state index contributed by atoms with van der Waals surface area (Å²) in [7, 11) is 0. The molecular formula is C18H17N6OS2-. The highest BCUT2D eigenvalue weighted by molar-refractivity contribution is 8.04. The molecule has 2 aliphatic heterocycles. The number of nitrogens with zero attached hydrogens (tertiary/aromatic N) is 5. The average molecular weight is 398 g/mol. The van der Waals surface area contributed by atoms with E-state index in [4.69, 9.17) is 0 Å². The minimum Gasteiger partial charge on any atom is -0.581 e. The van der Waals surface area contributed by atoms with Gasteiger partial charge in [-0.3, -0.25) is 4.79 Å².